The molecule has 0 atom stereocenters. The Balaban J connectivity index is 1.52. The molecular weight excluding hydrogens is 360 g/mol. The predicted octanol–water partition coefficient (Wildman–Crippen LogP) is 3.66. The number of carbonyl (C=O) groups excluding carboxylic acids is 1. The lowest BCUT2D eigenvalue weighted by atomic mass is 10.2. The summed E-state index contributed by atoms with van der Waals surface area (Å²) in [5.74, 6) is 0.878. The number of amides is 1. The number of hydrogen-bond acceptors (Lipinski definition) is 6. The standard InChI is InChI=1S/C17H15ClN4O2S/c1-11-2-4-13(5-3-11)24-9-17-20-12(10-25-17)6-16(23)22-15-8-19-7-14(18)21-15/h2-5,7-8,10H,6,9H2,1H3,(H,21,22,23). The molecule has 0 aliphatic carbocycles. The average molecular weight is 375 g/mol. The highest BCUT2D eigenvalue weighted by atomic mass is 35.5. The van der Waals surface area contributed by atoms with Gasteiger partial charge in [-0.25, -0.2) is 9.97 Å². The van der Waals surface area contributed by atoms with Crippen LogP contribution in [0.15, 0.2) is 42.0 Å². The van der Waals surface area contributed by atoms with Crippen LogP contribution in [0.25, 0.3) is 0 Å². The summed E-state index contributed by atoms with van der Waals surface area (Å²) in [7, 11) is 0. The first-order valence-electron chi connectivity index (χ1n) is 7.48. The second-order valence-corrected chi connectivity index (χ2v) is 6.62. The molecule has 6 nitrogen and oxygen atoms in total. The predicted molar refractivity (Wildman–Crippen MR) is 97.0 cm³/mol. The molecule has 0 aliphatic rings. The first-order chi connectivity index (χ1) is 12.1. The van der Waals surface area contributed by atoms with Crippen LogP contribution in [0.3, 0.4) is 0 Å². The van der Waals surface area contributed by atoms with Gasteiger partial charge in [0.1, 0.15) is 22.5 Å². The summed E-state index contributed by atoms with van der Waals surface area (Å²) in [6, 6.07) is 7.82. The lowest BCUT2D eigenvalue weighted by Crippen LogP contribution is -2.15. The van der Waals surface area contributed by atoms with Crippen LogP contribution in [0.5, 0.6) is 5.75 Å². The van der Waals surface area contributed by atoms with Crippen molar-refractivity contribution in [2.24, 2.45) is 0 Å². The third-order valence-electron chi connectivity index (χ3n) is 3.20. The Morgan fingerprint density at radius 2 is 2.04 bits per heavy atom. The fourth-order valence-electron chi connectivity index (χ4n) is 2.03. The highest BCUT2D eigenvalue weighted by Gasteiger charge is 2.10. The number of thiazole rings is 1. The number of rotatable bonds is 6. The number of halogens is 1. The monoisotopic (exact) mass is 374 g/mol. The van der Waals surface area contributed by atoms with Crippen LogP contribution in [-0.2, 0) is 17.8 Å². The van der Waals surface area contributed by atoms with Crippen molar-refractivity contribution in [1.29, 1.82) is 0 Å². The molecule has 128 valence electrons. The summed E-state index contributed by atoms with van der Waals surface area (Å²) in [6.45, 7) is 2.39. The Bertz CT molecular complexity index is 867. The van der Waals surface area contributed by atoms with E-state index in [0.29, 0.717) is 18.1 Å². The van der Waals surface area contributed by atoms with Crippen LogP contribution in [0.2, 0.25) is 5.15 Å². The fourth-order valence-corrected chi connectivity index (χ4v) is 2.88. The first-order valence-corrected chi connectivity index (χ1v) is 8.74. The highest BCUT2D eigenvalue weighted by Crippen LogP contribution is 2.16. The molecule has 2 heterocycles. The van der Waals surface area contributed by atoms with Crippen molar-refractivity contribution >= 4 is 34.7 Å². The number of ether oxygens (including phenoxy) is 1. The zero-order chi connectivity index (χ0) is 17.6. The zero-order valence-corrected chi connectivity index (χ0v) is 15.0. The van der Waals surface area contributed by atoms with Crippen molar-refractivity contribution in [3.8, 4) is 5.75 Å². The molecule has 3 aromatic rings. The molecule has 2 aromatic heterocycles. The van der Waals surface area contributed by atoms with E-state index in [2.05, 4.69) is 20.3 Å². The average Bonchev–Trinajstić information content (AvgIpc) is 3.01. The van der Waals surface area contributed by atoms with Crippen molar-refractivity contribution in [2.75, 3.05) is 5.32 Å². The highest BCUT2D eigenvalue weighted by molar-refractivity contribution is 7.09. The van der Waals surface area contributed by atoms with Gasteiger partial charge in [-0.1, -0.05) is 29.3 Å². The topological polar surface area (TPSA) is 77.0 Å². The molecule has 0 saturated carbocycles. The smallest absolute Gasteiger partial charge is 0.231 e. The lowest BCUT2D eigenvalue weighted by Gasteiger charge is -2.04. The van der Waals surface area contributed by atoms with E-state index in [-0.39, 0.29) is 17.5 Å². The van der Waals surface area contributed by atoms with Crippen molar-refractivity contribution in [1.82, 2.24) is 15.0 Å². The zero-order valence-electron chi connectivity index (χ0n) is 13.4. The molecule has 1 amide bonds. The summed E-state index contributed by atoms with van der Waals surface area (Å²) in [6.07, 6.45) is 2.98. The maximum Gasteiger partial charge on any atom is 0.231 e. The molecule has 0 saturated heterocycles. The van der Waals surface area contributed by atoms with Gasteiger partial charge in [0, 0.05) is 5.38 Å². The minimum Gasteiger partial charge on any atom is -0.486 e. The number of nitrogens with zero attached hydrogens (tertiary/aromatic N) is 3. The van der Waals surface area contributed by atoms with Crippen LogP contribution in [0.4, 0.5) is 5.82 Å². The second kappa shape index (κ2) is 8.04. The molecular formula is C17H15ClN4O2S. The van der Waals surface area contributed by atoms with Crippen LogP contribution in [-0.4, -0.2) is 20.9 Å². The number of carbonyl (C=O) groups is 1. The van der Waals surface area contributed by atoms with Gasteiger partial charge in [-0.3, -0.25) is 9.78 Å². The molecule has 0 bridgehead atoms. The van der Waals surface area contributed by atoms with E-state index in [1.165, 1.54) is 29.3 Å². The quantitative estimate of drug-likeness (QED) is 0.712. The van der Waals surface area contributed by atoms with Crippen molar-refractivity contribution in [3.05, 3.63) is 63.5 Å². The van der Waals surface area contributed by atoms with Crippen LogP contribution in [0.1, 0.15) is 16.3 Å². The van der Waals surface area contributed by atoms with E-state index >= 15 is 0 Å². The normalized spacial score (nSPS) is 10.5. The number of nitrogens with one attached hydrogen (secondary N) is 1. The van der Waals surface area contributed by atoms with E-state index < -0.39 is 0 Å². The summed E-state index contributed by atoms with van der Waals surface area (Å²) in [5.41, 5.74) is 1.86. The fraction of sp³-hybridized carbons (Fsp3) is 0.176. The minimum atomic E-state index is -0.229. The Morgan fingerprint density at radius 1 is 1.24 bits per heavy atom. The molecule has 0 unspecified atom stereocenters. The van der Waals surface area contributed by atoms with Crippen molar-refractivity contribution in [3.63, 3.8) is 0 Å². The third-order valence-corrected chi connectivity index (χ3v) is 4.25. The molecule has 0 spiro atoms. The van der Waals surface area contributed by atoms with Crippen molar-refractivity contribution in [2.45, 2.75) is 20.0 Å². The maximum atomic E-state index is 12.0. The SMILES string of the molecule is Cc1ccc(OCc2nc(CC(=O)Nc3cncc(Cl)n3)cs2)cc1. The Morgan fingerprint density at radius 3 is 2.80 bits per heavy atom. The van der Waals surface area contributed by atoms with Gasteiger partial charge in [-0.2, -0.15) is 0 Å². The van der Waals surface area contributed by atoms with Gasteiger partial charge in [-0.15, -0.1) is 11.3 Å². The van der Waals surface area contributed by atoms with E-state index in [1.807, 2.05) is 36.6 Å². The third kappa shape index (κ3) is 5.23. The van der Waals surface area contributed by atoms with Gasteiger partial charge in [0.15, 0.2) is 5.82 Å². The summed E-state index contributed by atoms with van der Waals surface area (Å²) < 4.78 is 5.69. The van der Waals surface area contributed by atoms with Gasteiger partial charge < -0.3 is 10.1 Å². The lowest BCUT2D eigenvalue weighted by molar-refractivity contribution is -0.115. The molecule has 25 heavy (non-hydrogen) atoms. The van der Waals surface area contributed by atoms with Gasteiger partial charge in [0.25, 0.3) is 0 Å². The van der Waals surface area contributed by atoms with Gasteiger partial charge in [0.05, 0.1) is 24.5 Å². The van der Waals surface area contributed by atoms with E-state index in [0.717, 1.165) is 10.8 Å². The molecule has 0 aliphatic heterocycles. The number of aryl methyl sites for hydroxylation is 1. The minimum absolute atomic E-state index is 0.148. The summed E-state index contributed by atoms with van der Waals surface area (Å²) in [4.78, 5) is 24.3. The van der Waals surface area contributed by atoms with Gasteiger partial charge in [0.2, 0.25) is 5.91 Å². The molecule has 0 fully saturated rings. The molecule has 3 rings (SSSR count). The molecule has 8 heteroatoms. The molecule has 1 aromatic carbocycles. The number of aromatic nitrogens is 3. The van der Waals surface area contributed by atoms with Crippen LogP contribution >= 0.6 is 22.9 Å². The van der Waals surface area contributed by atoms with Gasteiger partial charge in [-0.05, 0) is 19.1 Å². The summed E-state index contributed by atoms with van der Waals surface area (Å²) in [5, 5.41) is 5.52. The van der Waals surface area contributed by atoms with Gasteiger partial charge >= 0.3 is 0 Å². The van der Waals surface area contributed by atoms with Crippen LogP contribution < -0.4 is 10.1 Å². The number of benzene rings is 1. The van der Waals surface area contributed by atoms with E-state index in [1.54, 1.807) is 0 Å². The number of hydrogen-bond donors (Lipinski definition) is 1. The van der Waals surface area contributed by atoms with E-state index in [9.17, 15) is 4.79 Å². The summed E-state index contributed by atoms with van der Waals surface area (Å²) >= 11 is 7.19. The van der Waals surface area contributed by atoms with E-state index in [4.69, 9.17) is 16.3 Å². The Labute approximate surface area is 153 Å². The Kier molecular flexibility index (Phi) is 5.57. The molecule has 1 N–H and O–H groups in total. The van der Waals surface area contributed by atoms with Crippen LogP contribution in [0, 0.1) is 6.92 Å². The van der Waals surface area contributed by atoms with Crippen molar-refractivity contribution < 1.29 is 9.53 Å². The second-order valence-electron chi connectivity index (χ2n) is 5.29. The largest absolute Gasteiger partial charge is 0.486 e. The maximum absolute atomic E-state index is 12.0. The first kappa shape index (κ1) is 17.3. The Hall–Kier alpha value is -2.51. The number of anilines is 1. The molecule has 0 radical (unpaired) electrons.